The van der Waals surface area contributed by atoms with Crippen LogP contribution in [0.15, 0.2) is 30.6 Å². The van der Waals surface area contributed by atoms with Gasteiger partial charge in [0, 0.05) is 12.1 Å². The lowest BCUT2D eigenvalue weighted by Crippen LogP contribution is -2.16. The van der Waals surface area contributed by atoms with Crippen molar-refractivity contribution in [2.75, 3.05) is 5.32 Å². The minimum absolute atomic E-state index is 0.167. The highest BCUT2D eigenvalue weighted by molar-refractivity contribution is 5.41. The van der Waals surface area contributed by atoms with Crippen LogP contribution in [-0.2, 0) is 6.54 Å². The molecule has 1 aromatic carbocycles. The van der Waals surface area contributed by atoms with Gasteiger partial charge in [-0.3, -0.25) is 0 Å². The number of aryl methyl sites for hydroxylation is 1. The summed E-state index contributed by atoms with van der Waals surface area (Å²) in [5, 5.41) is 12.0. The van der Waals surface area contributed by atoms with Gasteiger partial charge in [-0.2, -0.15) is 5.26 Å². The van der Waals surface area contributed by atoms with Gasteiger partial charge in [-0.15, -0.1) is 0 Å². The summed E-state index contributed by atoms with van der Waals surface area (Å²) in [7, 11) is 0. The smallest absolute Gasteiger partial charge is 0.158 e. The van der Waals surface area contributed by atoms with E-state index in [9.17, 15) is 0 Å². The number of aromatic nitrogens is 2. The number of ether oxygens (including phenoxy) is 1. The molecule has 1 N–H and O–H groups in total. The summed E-state index contributed by atoms with van der Waals surface area (Å²) in [5.41, 5.74) is 2.55. The minimum atomic E-state index is 0.167. The Morgan fingerprint density at radius 1 is 1.21 bits per heavy atom. The number of nitrogens with zero attached hydrogens (tertiary/aromatic N) is 3. The zero-order valence-corrected chi connectivity index (χ0v) is 14.7. The van der Waals surface area contributed by atoms with Crippen LogP contribution < -0.4 is 10.1 Å². The van der Waals surface area contributed by atoms with Crippen molar-refractivity contribution < 1.29 is 4.74 Å². The van der Waals surface area contributed by atoms with Gasteiger partial charge in [0.15, 0.2) is 5.69 Å². The number of nitrogens with one attached hydrogen (secondary N) is 1. The molecule has 1 atom stereocenters. The highest BCUT2D eigenvalue weighted by Gasteiger charge is 2.11. The van der Waals surface area contributed by atoms with Crippen molar-refractivity contribution in [3.63, 3.8) is 0 Å². The van der Waals surface area contributed by atoms with Crippen molar-refractivity contribution in [3.8, 4) is 11.8 Å². The lowest BCUT2D eigenvalue weighted by Gasteiger charge is -2.20. The molecule has 5 nitrogen and oxygen atoms in total. The standard InChI is InChI=1S/C19H24N4O/c1-13(2)7-15(4)24-18-8-14(3)5-6-16(18)10-22-19-12-21-17(9-20)11-23-19/h5-6,8,11-13,15H,7,10H2,1-4H3,(H,22,23). The Hall–Kier alpha value is -2.61. The number of benzene rings is 1. The zero-order chi connectivity index (χ0) is 17.5. The van der Waals surface area contributed by atoms with Crippen LogP contribution in [0.3, 0.4) is 0 Å². The van der Waals surface area contributed by atoms with E-state index < -0.39 is 0 Å². The molecule has 0 aliphatic rings. The van der Waals surface area contributed by atoms with E-state index in [0.717, 1.165) is 17.7 Å². The lowest BCUT2D eigenvalue weighted by molar-refractivity contribution is 0.191. The number of nitriles is 1. The molecule has 2 rings (SSSR count). The number of rotatable bonds is 7. The summed E-state index contributed by atoms with van der Waals surface area (Å²) in [5.74, 6) is 2.13. The number of anilines is 1. The highest BCUT2D eigenvalue weighted by Crippen LogP contribution is 2.24. The molecule has 0 amide bonds. The van der Waals surface area contributed by atoms with E-state index in [4.69, 9.17) is 10.00 Å². The summed E-state index contributed by atoms with van der Waals surface area (Å²) in [6.45, 7) is 9.14. The van der Waals surface area contributed by atoms with E-state index >= 15 is 0 Å². The van der Waals surface area contributed by atoms with Crippen LogP contribution >= 0.6 is 0 Å². The number of hydrogen-bond acceptors (Lipinski definition) is 5. The minimum Gasteiger partial charge on any atom is -0.490 e. The third-order valence-electron chi connectivity index (χ3n) is 3.58. The van der Waals surface area contributed by atoms with Gasteiger partial charge in [0.05, 0.1) is 18.5 Å². The Bertz CT molecular complexity index is 704. The van der Waals surface area contributed by atoms with E-state index in [1.54, 1.807) is 6.20 Å². The fourth-order valence-electron chi connectivity index (χ4n) is 2.51. The van der Waals surface area contributed by atoms with Crippen LogP contribution in [0.25, 0.3) is 0 Å². The monoisotopic (exact) mass is 324 g/mol. The molecule has 1 aromatic heterocycles. The Balaban J connectivity index is 2.07. The summed E-state index contributed by atoms with van der Waals surface area (Å²) < 4.78 is 6.14. The van der Waals surface area contributed by atoms with Crippen LogP contribution in [-0.4, -0.2) is 16.1 Å². The van der Waals surface area contributed by atoms with Crippen molar-refractivity contribution in [2.24, 2.45) is 5.92 Å². The molecule has 0 saturated carbocycles. The summed E-state index contributed by atoms with van der Waals surface area (Å²) in [4.78, 5) is 8.18. The van der Waals surface area contributed by atoms with E-state index in [0.29, 0.717) is 24.0 Å². The fraction of sp³-hybridized carbons (Fsp3) is 0.421. The quantitative estimate of drug-likeness (QED) is 0.831. The van der Waals surface area contributed by atoms with Crippen LogP contribution in [0.2, 0.25) is 0 Å². The van der Waals surface area contributed by atoms with Crippen molar-refractivity contribution in [3.05, 3.63) is 47.4 Å². The average Bonchev–Trinajstić information content (AvgIpc) is 2.54. The second kappa shape index (κ2) is 8.30. The van der Waals surface area contributed by atoms with Gasteiger partial charge < -0.3 is 10.1 Å². The van der Waals surface area contributed by atoms with Crippen molar-refractivity contribution in [1.29, 1.82) is 5.26 Å². The van der Waals surface area contributed by atoms with Gasteiger partial charge in [0.1, 0.15) is 17.6 Å². The first-order chi connectivity index (χ1) is 11.5. The molecule has 0 radical (unpaired) electrons. The molecule has 0 saturated heterocycles. The van der Waals surface area contributed by atoms with Gasteiger partial charge in [-0.05, 0) is 37.8 Å². The third-order valence-corrected chi connectivity index (χ3v) is 3.58. The molecule has 0 aliphatic heterocycles. The van der Waals surface area contributed by atoms with E-state index in [-0.39, 0.29) is 6.10 Å². The summed E-state index contributed by atoms with van der Waals surface area (Å²) >= 11 is 0. The summed E-state index contributed by atoms with van der Waals surface area (Å²) in [6, 6.07) is 8.16. The van der Waals surface area contributed by atoms with E-state index in [1.807, 2.05) is 6.07 Å². The van der Waals surface area contributed by atoms with Crippen molar-refractivity contribution >= 4 is 5.82 Å². The van der Waals surface area contributed by atoms with Gasteiger partial charge in [0.25, 0.3) is 0 Å². The Kier molecular flexibility index (Phi) is 6.14. The molecule has 0 aliphatic carbocycles. The second-order valence-corrected chi connectivity index (χ2v) is 6.42. The SMILES string of the molecule is Cc1ccc(CNc2cnc(C#N)cn2)c(OC(C)CC(C)C)c1. The van der Waals surface area contributed by atoms with Crippen molar-refractivity contribution in [1.82, 2.24) is 9.97 Å². The van der Waals surface area contributed by atoms with Gasteiger partial charge in [-0.1, -0.05) is 26.0 Å². The molecule has 1 heterocycles. The first-order valence-electron chi connectivity index (χ1n) is 8.20. The largest absolute Gasteiger partial charge is 0.490 e. The molecule has 126 valence electrons. The van der Waals surface area contributed by atoms with E-state index in [2.05, 4.69) is 61.2 Å². The maximum absolute atomic E-state index is 8.76. The molecule has 0 fully saturated rings. The predicted molar refractivity (Wildman–Crippen MR) is 94.8 cm³/mol. The molecule has 5 heteroatoms. The third kappa shape index (κ3) is 5.24. The normalized spacial score (nSPS) is 11.8. The molecule has 0 spiro atoms. The Morgan fingerprint density at radius 2 is 2.00 bits per heavy atom. The van der Waals surface area contributed by atoms with E-state index in [1.165, 1.54) is 11.8 Å². The second-order valence-electron chi connectivity index (χ2n) is 6.42. The molecular weight excluding hydrogens is 300 g/mol. The maximum Gasteiger partial charge on any atom is 0.158 e. The van der Waals surface area contributed by atoms with Gasteiger partial charge >= 0.3 is 0 Å². The Labute approximate surface area is 143 Å². The first-order valence-corrected chi connectivity index (χ1v) is 8.20. The van der Waals surface area contributed by atoms with Gasteiger partial charge in [0.2, 0.25) is 0 Å². The lowest BCUT2D eigenvalue weighted by atomic mass is 10.1. The highest BCUT2D eigenvalue weighted by atomic mass is 16.5. The molecular formula is C19H24N4O. The van der Waals surface area contributed by atoms with Gasteiger partial charge in [-0.25, -0.2) is 9.97 Å². The predicted octanol–water partition coefficient (Wildman–Crippen LogP) is 4.08. The van der Waals surface area contributed by atoms with Crippen LogP contribution in [0.1, 0.15) is 44.0 Å². The average molecular weight is 324 g/mol. The van der Waals surface area contributed by atoms with Crippen LogP contribution in [0, 0.1) is 24.2 Å². The number of hydrogen-bond donors (Lipinski definition) is 1. The van der Waals surface area contributed by atoms with Crippen LogP contribution in [0.4, 0.5) is 5.82 Å². The Morgan fingerprint density at radius 3 is 2.62 bits per heavy atom. The van der Waals surface area contributed by atoms with Crippen molar-refractivity contribution in [2.45, 2.75) is 46.8 Å². The first kappa shape index (κ1) is 17.7. The summed E-state index contributed by atoms with van der Waals surface area (Å²) in [6.07, 6.45) is 4.20. The maximum atomic E-state index is 8.76. The molecule has 24 heavy (non-hydrogen) atoms. The zero-order valence-electron chi connectivity index (χ0n) is 14.7. The molecule has 1 unspecified atom stereocenters. The topological polar surface area (TPSA) is 70.8 Å². The molecule has 2 aromatic rings. The molecule has 0 bridgehead atoms. The van der Waals surface area contributed by atoms with Crippen LogP contribution in [0.5, 0.6) is 5.75 Å². The fourth-order valence-corrected chi connectivity index (χ4v) is 2.51.